The Kier molecular flexibility index (Phi) is 4.31. The molecule has 2 aromatic rings. The van der Waals surface area contributed by atoms with E-state index < -0.39 is 0 Å². The van der Waals surface area contributed by atoms with Gasteiger partial charge in [0.05, 0.1) is 10.9 Å². The largest absolute Gasteiger partial charge is 0.399 e. The third-order valence-electron chi connectivity index (χ3n) is 2.98. The zero-order valence-corrected chi connectivity index (χ0v) is 11.9. The lowest BCUT2D eigenvalue weighted by atomic mass is 10.2. The van der Waals surface area contributed by atoms with Gasteiger partial charge in [-0.05, 0) is 30.9 Å². The lowest BCUT2D eigenvalue weighted by Crippen LogP contribution is -2.15. The molecular formula is C13H18N4OS. The Labute approximate surface area is 116 Å². The molecule has 6 heteroatoms. The minimum atomic E-state index is -0.169. The average molecular weight is 278 g/mol. The van der Waals surface area contributed by atoms with E-state index in [9.17, 15) is 4.79 Å². The van der Waals surface area contributed by atoms with Gasteiger partial charge in [0.1, 0.15) is 0 Å². The Hall–Kier alpha value is -1.69. The van der Waals surface area contributed by atoms with Crippen molar-refractivity contribution in [2.45, 2.75) is 18.6 Å². The Morgan fingerprint density at radius 3 is 3.05 bits per heavy atom. The molecule has 1 unspecified atom stereocenters. The van der Waals surface area contributed by atoms with Gasteiger partial charge >= 0.3 is 0 Å². The highest BCUT2D eigenvalue weighted by Gasteiger charge is 2.04. The second-order valence-electron chi connectivity index (χ2n) is 4.45. The number of aromatic amines is 1. The van der Waals surface area contributed by atoms with E-state index in [2.05, 4.69) is 28.5 Å². The van der Waals surface area contributed by atoms with Gasteiger partial charge in [0.25, 0.3) is 5.56 Å². The van der Waals surface area contributed by atoms with Crippen molar-refractivity contribution in [3.05, 3.63) is 28.6 Å². The number of benzene rings is 1. The van der Waals surface area contributed by atoms with E-state index in [-0.39, 0.29) is 5.56 Å². The van der Waals surface area contributed by atoms with E-state index in [0.29, 0.717) is 27.8 Å². The Balaban J connectivity index is 2.17. The van der Waals surface area contributed by atoms with Gasteiger partial charge in [-0.2, -0.15) is 11.8 Å². The summed E-state index contributed by atoms with van der Waals surface area (Å²) in [6.07, 6.45) is 3.11. The van der Waals surface area contributed by atoms with E-state index in [1.165, 1.54) is 0 Å². The van der Waals surface area contributed by atoms with Crippen molar-refractivity contribution < 1.29 is 0 Å². The number of nitrogen functional groups attached to an aromatic ring is 1. The topological polar surface area (TPSA) is 83.8 Å². The molecule has 5 nitrogen and oxygen atoms in total. The minimum Gasteiger partial charge on any atom is -0.399 e. The highest BCUT2D eigenvalue weighted by atomic mass is 32.2. The van der Waals surface area contributed by atoms with E-state index in [4.69, 9.17) is 5.73 Å². The molecule has 1 aromatic carbocycles. The Morgan fingerprint density at radius 1 is 1.53 bits per heavy atom. The zero-order valence-electron chi connectivity index (χ0n) is 11.1. The molecule has 1 atom stereocenters. The summed E-state index contributed by atoms with van der Waals surface area (Å²) in [7, 11) is 0. The molecule has 0 aliphatic rings. The molecule has 19 heavy (non-hydrogen) atoms. The fraction of sp³-hybridized carbons (Fsp3) is 0.385. The quantitative estimate of drug-likeness (QED) is 0.729. The predicted molar refractivity (Wildman–Crippen MR) is 82.9 cm³/mol. The molecule has 2 rings (SSSR count). The molecule has 0 aliphatic heterocycles. The molecule has 0 saturated heterocycles. The lowest BCUT2D eigenvalue weighted by molar-refractivity contribution is 0.845. The van der Waals surface area contributed by atoms with Gasteiger partial charge in [0.2, 0.25) is 5.95 Å². The summed E-state index contributed by atoms with van der Waals surface area (Å²) in [4.78, 5) is 19.0. The number of nitrogens with one attached hydrogen (secondary N) is 2. The van der Waals surface area contributed by atoms with Gasteiger partial charge < -0.3 is 11.1 Å². The minimum absolute atomic E-state index is 0.169. The molecule has 0 amide bonds. The smallest absolute Gasteiger partial charge is 0.260 e. The summed E-state index contributed by atoms with van der Waals surface area (Å²) in [6, 6.07) is 5.14. The number of nitrogens with zero attached hydrogens (tertiary/aromatic N) is 1. The fourth-order valence-corrected chi connectivity index (χ4v) is 2.11. The highest BCUT2D eigenvalue weighted by Crippen LogP contribution is 2.13. The van der Waals surface area contributed by atoms with Gasteiger partial charge in [-0.3, -0.25) is 9.78 Å². The van der Waals surface area contributed by atoms with Crippen LogP contribution >= 0.6 is 11.8 Å². The van der Waals surface area contributed by atoms with Crippen LogP contribution in [0.25, 0.3) is 10.9 Å². The van der Waals surface area contributed by atoms with Crippen molar-refractivity contribution in [1.29, 1.82) is 0 Å². The molecular weight excluding hydrogens is 260 g/mol. The van der Waals surface area contributed by atoms with E-state index in [1.807, 2.05) is 11.8 Å². The first kappa shape index (κ1) is 13.7. The van der Waals surface area contributed by atoms with Crippen LogP contribution in [0.1, 0.15) is 13.3 Å². The number of nitrogens with two attached hydrogens (primary N) is 1. The van der Waals surface area contributed by atoms with Gasteiger partial charge in [-0.15, -0.1) is 0 Å². The second-order valence-corrected chi connectivity index (χ2v) is 5.73. The highest BCUT2D eigenvalue weighted by molar-refractivity contribution is 7.99. The molecule has 0 spiro atoms. The summed E-state index contributed by atoms with van der Waals surface area (Å²) in [5, 5.41) is 4.25. The van der Waals surface area contributed by atoms with Crippen LogP contribution in [0.4, 0.5) is 11.6 Å². The molecule has 1 aromatic heterocycles. The van der Waals surface area contributed by atoms with Crippen molar-refractivity contribution in [3.63, 3.8) is 0 Å². The normalized spacial score (nSPS) is 12.5. The van der Waals surface area contributed by atoms with Gasteiger partial charge in [-0.1, -0.05) is 6.92 Å². The molecule has 4 N–H and O–H groups in total. The van der Waals surface area contributed by atoms with E-state index in [1.54, 1.807) is 18.2 Å². The molecule has 0 radical (unpaired) electrons. The molecule has 0 aliphatic carbocycles. The molecule has 0 fully saturated rings. The van der Waals surface area contributed by atoms with Crippen LogP contribution in [0.5, 0.6) is 0 Å². The number of thioether (sulfide) groups is 1. The van der Waals surface area contributed by atoms with Crippen LogP contribution in [0, 0.1) is 0 Å². The summed E-state index contributed by atoms with van der Waals surface area (Å²) >= 11 is 1.82. The van der Waals surface area contributed by atoms with Gasteiger partial charge in [-0.25, -0.2) is 4.98 Å². The van der Waals surface area contributed by atoms with Gasteiger partial charge in [0, 0.05) is 17.5 Å². The maximum absolute atomic E-state index is 11.9. The van der Waals surface area contributed by atoms with E-state index in [0.717, 1.165) is 13.0 Å². The van der Waals surface area contributed by atoms with Crippen LogP contribution in [0.15, 0.2) is 23.0 Å². The maximum Gasteiger partial charge on any atom is 0.260 e. The molecule has 0 bridgehead atoms. The van der Waals surface area contributed by atoms with Crippen molar-refractivity contribution in [1.82, 2.24) is 9.97 Å². The monoisotopic (exact) mass is 278 g/mol. The third-order valence-corrected chi connectivity index (χ3v) is 4.02. The van der Waals surface area contributed by atoms with Crippen molar-refractivity contribution in [3.8, 4) is 0 Å². The SMILES string of the molecule is CSC(C)CCNc1nc2ccc(N)cc2c(=O)[nH]1. The Morgan fingerprint density at radius 2 is 2.32 bits per heavy atom. The Bertz CT molecular complexity index is 626. The number of anilines is 2. The first-order valence-corrected chi connectivity index (χ1v) is 7.45. The first-order chi connectivity index (χ1) is 9.10. The van der Waals surface area contributed by atoms with Crippen LogP contribution in [-0.2, 0) is 0 Å². The second kappa shape index (κ2) is 5.97. The molecule has 0 saturated carbocycles. The number of hydrogen-bond donors (Lipinski definition) is 3. The van der Waals surface area contributed by atoms with Crippen molar-refractivity contribution in [2.24, 2.45) is 0 Å². The summed E-state index contributed by atoms with van der Waals surface area (Å²) < 4.78 is 0. The maximum atomic E-state index is 11.9. The molecule has 1 heterocycles. The number of hydrogen-bond acceptors (Lipinski definition) is 5. The number of H-pyrrole nitrogens is 1. The first-order valence-electron chi connectivity index (χ1n) is 6.16. The summed E-state index contributed by atoms with van der Waals surface area (Å²) in [5.41, 5.74) is 6.71. The van der Waals surface area contributed by atoms with Crippen LogP contribution in [0.2, 0.25) is 0 Å². The van der Waals surface area contributed by atoms with Crippen molar-refractivity contribution in [2.75, 3.05) is 23.9 Å². The number of rotatable bonds is 5. The van der Waals surface area contributed by atoms with E-state index >= 15 is 0 Å². The lowest BCUT2D eigenvalue weighted by Gasteiger charge is -2.09. The predicted octanol–water partition coefficient (Wildman–Crippen LogP) is 2.06. The van der Waals surface area contributed by atoms with Crippen LogP contribution < -0.4 is 16.6 Å². The zero-order chi connectivity index (χ0) is 13.8. The summed E-state index contributed by atoms with van der Waals surface area (Å²) in [5.74, 6) is 0.510. The molecule has 102 valence electrons. The van der Waals surface area contributed by atoms with Crippen LogP contribution in [0.3, 0.4) is 0 Å². The van der Waals surface area contributed by atoms with Crippen molar-refractivity contribution >= 4 is 34.3 Å². The fourth-order valence-electron chi connectivity index (χ4n) is 1.75. The summed E-state index contributed by atoms with van der Waals surface area (Å²) in [6.45, 7) is 2.96. The average Bonchev–Trinajstić information content (AvgIpc) is 2.39. The number of aromatic nitrogens is 2. The standard InChI is InChI=1S/C13H18N4OS/c1-8(19-2)5-6-15-13-16-11-4-3-9(14)7-10(11)12(18)17-13/h3-4,7-8H,5-6,14H2,1-2H3,(H2,15,16,17,18). The van der Waals surface area contributed by atoms with Crippen LogP contribution in [-0.4, -0.2) is 28.0 Å². The third kappa shape index (κ3) is 3.41. The van der Waals surface area contributed by atoms with Gasteiger partial charge in [0.15, 0.2) is 0 Å². The number of fused-ring (bicyclic) bond motifs is 1.